The highest BCUT2D eigenvalue weighted by atomic mass is 15.2. The summed E-state index contributed by atoms with van der Waals surface area (Å²) in [5.74, 6) is 0.984. The summed E-state index contributed by atoms with van der Waals surface area (Å²) in [6.45, 7) is 11.9. The third-order valence-corrected chi connectivity index (χ3v) is 3.31. The van der Waals surface area contributed by atoms with E-state index in [4.69, 9.17) is 0 Å². The van der Waals surface area contributed by atoms with Crippen molar-refractivity contribution in [3.8, 4) is 0 Å². The van der Waals surface area contributed by atoms with Crippen molar-refractivity contribution >= 4 is 5.82 Å². The monoisotopic (exact) mass is 263 g/mol. The van der Waals surface area contributed by atoms with Crippen molar-refractivity contribution in [1.29, 1.82) is 0 Å². The Balaban J connectivity index is 2.59. The van der Waals surface area contributed by atoms with Crippen LogP contribution in [0, 0.1) is 0 Å². The smallest absolute Gasteiger partial charge is 0.126 e. The van der Waals surface area contributed by atoms with Gasteiger partial charge in [-0.2, -0.15) is 0 Å². The zero-order valence-corrected chi connectivity index (χ0v) is 12.9. The fourth-order valence-electron chi connectivity index (χ4n) is 2.14. The molecule has 0 fully saturated rings. The van der Waals surface area contributed by atoms with Crippen LogP contribution in [0.1, 0.15) is 52.7 Å². The van der Waals surface area contributed by atoms with Gasteiger partial charge in [-0.05, 0) is 45.9 Å². The Kier molecular flexibility index (Phi) is 7.49. The van der Waals surface area contributed by atoms with Crippen LogP contribution in [0.2, 0.25) is 0 Å². The fourth-order valence-corrected chi connectivity index (χ4v) is 2.14. The molecule has 3 heteroatoms. The lowest BCUT2D eigenvalue weighted by Crippen LogP contribution is -2.31. The SMILES string of the molecule is CCCCCN(Cc1cccc(NCC)n1)C(C)C. The number of nitrogens with one attached hydrogen (secondary N) is 1. The molecule has 3 nitrogen and oxygen atoms in total. The second kappa shape index (κ2) is 8.92. The average molecular weight is 263 g/mol. The van der Waals surface area contributed by atoms with E-state index in [2.05, 4.69) is 55.0 Å². The molecular formula is C16H29N3. The van der Waals surface area contributed by atoms with Gasteiger partial charge in [0.15, 0.2) is 0 Å². The summed E-state index contributed by atoms with van der Waals surface area (Å²) in [7, 11) is 0. The van der Waals surface area contributed by atoms with E-state index in [1.807, 2.05) is 6.07 Å². The first-order chi connectivity index (χ1) is 9.17. The number of anilines is 1. The molecule has 0 saturated heterocycles. The Bertz CT molecular complexity index is 350. The van der Waals surface area contributed by atoms with Gasteiger partial charge in [-0.1, -0.05) is 25.8 Å². The van der Waals surface area contributed by atoms with Gasteiger partial charge in [-0.3, -0.25) is 4.90 Å². The lowest BCUT2D eigenvalue weighted by atomic mass is 10.2. The first-order valence-electron chi connectivity index (χ1n) is 7.61. The molecule has 1 rings (SSSR count). The van der Waals surface area contributed by atoms with Crippen LogP contribution in [0.15, 0.2) is 18.2 Å². The molecule has 1 aromatic rings. The first-order valence-corrected chi connectivity index (χ1v) is 7.61. The number of aromatic nitrogens is 1. The molecule has 1 heterocycles. The minimum Gasteiger partial charge on any atom is -0.370 e. The zero-order valence-electron chi connectivity index (χ0n) is 12.9. The normalized spacial score (nSPS) is 11.3. The molecule has 0 bridgehead atoms. The number of rotatable bonds is 9. The minimum absolute atomic E-state index is 0.571. The van der Waals surface area contributed by atoms with Gasteiger partial charge in [0.2, 0.25) is 0 Å². The Morgan fingerprint density at radius 2 is 2.00 bits per heavy atom. The van der Waals surface area contributed by atoms with Gasteiger partial charge in [0.05, 0.1) is 5.69 Å². The van der Waals surface area contributed by atoms with Crippen LogP contribution in [0.5, 0.6) is 0 Å². The molecule has 1 N–H and O–H groups in total. The quantitative estimate of drug-likeness (QED) is 0.685. The molecule has 0 unspecified atom stereocenters. The van der Waals surface area contributed by atoms with Gasteiger partial charge in [-0.15, -0.1) is 0 Å². The number of pyridine rings is 1. The van der Waals surface area contributed by atoms with Crippen LogP contribution in [0.25, 0.3) is 0 Å². The van der Waals surface area contributed by atoms with Crippen molar-refractivity contribution < 1.29 is 0 Å². The van der Waals surface area contributed by atoms with Crippen molar-refractivity contribution in [2.45, 2.75) is 59.5 Å². The molecule has 0 saturated carbocycles. The van der Waals surface area contributed by atoms with E-state index in [9.17, 15) is 0 Å². The molecule has 0 amide bonds. The molecule has 108 valence electrons. The average Bonchev–Trinajstić information content (AvgIpc) is 2.38. The van der Waals surface area contributed by atoms with Crippen LogP contribution < -0.4 is 5.32 Å². The fraction of sp³-hybridized carbons (Fsp3) is 0.688. The van der Waals surface area contributed by atoms with Crippen molar-refractivity contribution in [3.05, 3.63) is 23.9 Å². The van der Waals surface area contributed by atoms with Crippen molar-refractivity contribution in [2.24, 2.45) is 0 Å². The molecule has 0 spiro atoms. The summed E-state index contributed by atoms with van der Waals surface area (Å²) in [6, 6.07) is 6.81. The summed E-state index contributed by atoms with van der Waals surface area (Å²) in [6.07, 6.45) is 3.87. The largest absolute Gasteiger partial charge is 0.370 e. The van der Waals surface area contributed by atoms with E-state index in [-0.39, 0.29) is 0 Å². The molecule has 0 aliphatic rings. The first kappa shape index (κ1) is 16.0. The second-order valence-electron chi connectivity index (χ2n) is 5.32. The number of hydrogen-bond donors (Lipinski definition) is 1. The third-order valence-electron chi connectivity index (χ3n) is 3.31. The number of hydrogen-bond acceptors (Lipinski definition) is 3. The van der Waals surface area contributed by atoms with Crippen molar-refractivity contribution in [1.82, 2.24) is 9.88 Å². The summed E-state index contributed by atoms with van der Waals surface area (Å²) in [5, 5.41) is 3.27. The summed E-state index contributed by atoms with van der Waals surface area (Å²) in [4.78, 5) is 7.17. The van der Waals surface area contributed by atoms with Gasteiger partial charge < -0.3 is 5.32 Å². The van der Waals surface area contributed by atoms with E-state index < -0.39 is 0 Å². The molecule has 1 aromatic heterocycles. The van der Waals surface area contributed by atoms with Gasteiger partial charge in [0.1, 0.15) is 5.82 Å². The predicted molar refractivity (Wildman–Crippen MR) is 83.5 cm³/mol. The molecule has 0 aliphatic carbocycles. The highest BCUT2D eigenvalue weighted by molar-refractivity contribution is 5.34. The number of nitrogens with zero attached hydrogens (tertiary/aromatic N) is 2. The van der Waals surface area contributed by atoms with Gasteiger partial charge >= 0.3 is 0 Å². The van der Waals surface area contributed by atoms with Gasteiger partial charge in [0, 0.05) is 19.1 Å². The highest BCUT2D eigenvalue weighted by Crippen LogP contribution is 2.11. The Labute approximate surface area is 118 Å². The standard InChI is InChI=1S/C16H29N3/c1-5-7-8-12-19(14(3)4)13-15-10-9-11-16(18-15)17-6-2/h9-11,14H,5-8,12-13H2,1-4H3,(H,17,18). The maximum absolute atomic E-state index is 4.66. The minimum atomic E-state index is 0.571. The Hall–Kier alpha value is -1.09. The molecule has 0 radical (unpaired) electrons. The Morgan fingerprint density at radius 3 is 2.63 bits per heavy atom. The highest BCUT2D eigenvalue weighted by Gasteiger charge is 2.10. The van der Waals surface area contributed by atoms with Crippen LogP contribution in [-0.4, -0.2) is 29.0 Å². The van der Waals surface area contributed by atoms with E-state index in [1.165, 1.54) is 25.8 Å². The van der Waals surface area contributed by atoms with Gasteiger partial charge in [-0.25, -0.2) is 4.98 Å². The summed E-state index contributed by atoms with van der Waals surface area (Å²) in [5.41, 5.74) is 1.16. The lowest BCUT2D eigenvalue weighted by Gasteiger charge is -2.26. The van der Waals surface area contributed by atoms with Crippen LogP contribution in [-0.2, 0) is 6.54 Å². The van der Waals surface area contributed by atoms with E-state index in [0.29, 0.717) is 6.04 Å². The van der Waals surface area contributed by atoms with Crippen LogP contribution in [0.3, 0.4) is 0 Å². The van der Waals surface area contributed by atoms with E-state index in [1.54, 1.807) is 0 Å². The van der Waals surface area contributed by atoms with E-state index in [0.717, 1.165) is 24.6 Å². The van der Waals surface area contributed by atoms with Crippen molar-refractivity contribution in [2.75, 3.05) is 18.4 Å². The molecule has 19 heavy (non-hydrogen) atoms. The van der Waals surface area contributed by atoms with Crippen molar-refractivity contribution in [3.63, 3.8) is 0 Å². The maximum Gasteiger partial charge on any atom is 0.126 e. The molecule has 0 atom stereocenters. The third kappa shape index (κ3) is 6.06. The van der Waals surface area contributed by atoms with E-state index >= 15 is 0 Å². The summed E-state index contributed by atoms with van der Waals surface area (Å²) >= 11 is 0. The lowest BCUT2D eigenvalue weighted by molar-refractivity contribution is 0.206. The van der Waals surface area contributed by atoms with Crippen LogP contribution in [0.4, 0.5) is 5.82 Å². The molecule has 0 aromatic carbocycles. The molecule has 0 aliphatic heterocycles. The molecular weight excluding hydrogens is 234 g/mol. The predicted octanol–water partition coefficient (Wildman–Crippen LogP) is 3.91. The maximum atomic E-state index is 4.66. The number of unbranched alkanes of at least 4 members (excludes halogenated alkanes) is 2. The zero-order chi connectivity index (χ0) is 14.1. The Morgan fingerprint density at radius 1 is 1.21 bits per heavy atom. The summed E-state index contributed by atoms with van der Waals surface area (Å²) < 4.78 is 0. The van der Waals surface area contributed by atoms with Crippen LogP contribution >= 0.6 is 0 Å². The van der Waals surface area contributed by atoms with Gasteiger partial charge in [0.25, 0.3) is 0 Å². The topological polar surface area (TPSA) is 28.2 Å². The second-order valence-corrected chi connectivity index (χ2v) is 5.32.